The van der Waals surface area contributed by atoms with Gasteiger partial charge in [-0.2, -0.15) is 5.10 Å². The summed E-state index contributed by atoms with van der Waals surface area (Å²) >= 11 is 0. The van der Waals surface area contributed by atoms with Gasteiger partial charge < -0.3 is 21.1 Å². The van der Waals surface area contributed by atoms with Crippen molar-refractivity contribution in [3.63, 3.8) is 0 Å². The number of nitrogens with two attached hydrogens (primary N) is 1. The number of aliphatic imine (C=N–C) groups is 1. The molecule has 3 aliphatic rings. The number of nitrogens with one attached hydrogen (secondary N) is 2. The molecule has 0 radical (unpaired) electrons. The number of amidine groups is 1. The van der Waals surface area contributed by atoms with Crippen molar-refractivity contribution in [2.45, 2.75) is 25.8 Å². The van der Waals surface area contributed by atoms with Crippen LogP contribution >= 0.6 is 0 Å². The van der Waals surface area contributed by atoms with Crippen molar-refractivity contribution in [3.8, 4) is 0 Å². The fourth-order valence-corrected chi connectivity index (χ4v) is 4.68. The number of amides is 2. The summed E-state index contributed by atoms with van der Waals surface area (Å²) in [4.78, 5) is 19.1. The first-order valence-electron chi connectivity index (χ1n) is 11.9. The van der Waals surface area contributed by atoms with Gasteiger partial charge in [0.15, 0.2) is 0 Å². The maximum Gasteiger partial charge on any atom is 0.323 e. The normalized spacial score (nSPS) is 21.8. The number of morpholine rings is 1. The lowest BCUT2D eigenvalue weighted by Crippen LogP contribution is -2.45. The Balaban J connectivity index is 1.28. The van der Waals surface area contributed by atoms with E-state index in [2.05, 4.69) is 31.7 Å². The lowest BCUT2D eigenvalue weighted by atomic mass is 9.92. The molecule has 1 saturated heterocycles. The predicted molar refractivity (Wildman–Crippen MR) is 139 cm³/mol. The first-order valence-corrected chi connectivity index (χ1v) is 11.9. The van der Waals surface area contributed by atoms with Gasteiger partial charge in [0.1, 0.15) is 18.2 Å². The molecule has 0 aliphatic carbocycles. The van der Waals surface area contributed by atoms with Gasteiger partial charge >= 0.3 is 6.03 Å². The number of hydrazone groups is 1. The van der Waals surface area contributed by atoms with Crippen LogP contribution in [0.3, 0.4) is 0 Å². The molecule has 9 nitrogen and oxygen atoms in total. The number of ether oxygens (including phenoxy) is 1. The fourth-order valence-electron chi connectivity index (χ4n) is 4.68. The van der Waals surface area contributed by atoms with E-state index in [0.717, 1.165) is 55.4 Å². The summed E-state index contributed by atoms with van der Waals surface area (Å²) in [6.45, 7) is 8.16. The molecule has 3 aliphatic heterocycles. The molecular formula is C26H31N7O2. The summed E-state index contributed by atoms with van der Waals surface area (Å²) in [6.07, 6.45) is 3.75. The molecule has 2 unspecified atom stereocenters. The highest BCUT2D eigenvalue weighted by Gasteiger charge is 2.39. The Morgan fingerprint density at radius 2 is 1.77 bits per heavy atom. The zero-order valence-electron chi connectivity index (χ0n) is 20.1. The number of fused-ring (bicyclic) bond motifs is 1. The van der Waals surface area contributed by atoms with Crippen molar-refractivity contribution in [3.05, 3.63) is 70.9 Å². The average molecular weight is 474 g/mol. The van der Waals surface area contributed by atoms with E-state index in [1.807, 2.05) is 61.3 Å². The van der Waals surface area contributed by atoms with Crippen LogP contribution in [-0.2, 0) is 4.74 Å². The number of rotatable bonds is 5. The van der Waals surface area contributed by atoms with E-state index < -0.39 is 0 Å². The van der Waals surface area contributed by atoms with E-state index in [9.17, 15) is 4.79 Å². The maximum absolute atomic E-state index is 12.5. The average Bonchev–Trinajstić information content (AvgIpc) is 3.22. The standard InChI is InChI=1S/C26H31N7O2/c1-17-3-6-21(13-18(17)2)31-26(34)30-20-7-4-19(5-8-20)23-14-22(15-32-9-11-35-12-10-32)33-24(23)25(27)28-16-29-33/h3-8,13-14,16,23-24H,9-12,15H2,1-2H3,(H2,27,28,29)(H2,30,31,34). The van der Waals surface area contributed by atoms with Crippen LogP contribution in [0.5, 0.6) is 0 Å². The van der Waals surface area contributed by atoms with Crippen LogP contribution in [0, 0.1) is 13.8 Å². The van der Waals surface area contributed by atoms with Crippen LogP contribution in [-0.4, -0.2) is 67.0 Å². The molecule has 2 aromatic rings. The van der Waals surface area contributed by atoms with E-state index in [-0.39, 0.29) is 18.0 Å². The first kappa shape index (κ1) is 23.1. The number of hydrogen-bond acceptors (Lipinski definition) is 7. The van der Waals surface area contributed by atoms with Gasteiger partial charge in [-0.15, -0.1) is 0 Å². The van der Waals surface area contributed by atoms with Gasteiger partial charge in [0.05, 0.1) is 13.2 Å². The van der Waals surface area contributed by atoms with Crippen LogP contribution in [0.2, 0.25) is 0 Å². The van der Waals surface area contributed by atoms with Crippen LogP contribution < -0.4 is 16.4 Å². The summed E-state index contributed by atoms with van der Waals surface area (Å²) in [5, 5.41) is 12.3. The number of hydrogen-bond donors (Lipinski definition) is 3. The lowest BCUT2D eigenvalue weighted by molar-refractivity contribution is 0.0393. The molecular weight excluding hydrogens is 442 g/mol. The summed E-state index contributed by atoms with van der Waals surface area (Å²) in [7, 11) is 0. The third-order valence-corrected chi connectivity index (χ3v) is 6.76. The van der Waals surface area contributed by atoms with Crippen molar-refractivity contribution in [1.82, 2.24) is 9.91 Å². The number of anilines is 2. The second kappa shape index (κ2) is 9.89. The van der Waals surface area contributed by atoms with Gasteiger partial charge in [-0.05, 0) is 54.8 Å². The lowest BCUT2D eigenvalue weighted by Gasteiger charge is -2.32. The molecule has 0 saturated carbocycles. The quantitative estimate of drug-likeness (QED) is 0.618. The summed E-state index contributed by atoms with van der Waals surface area (Å²) in [6, 6.07) is 13.3. The van der Waals surface area contributed by atoms with Gasteiger partial charge in [-0.25, -0.2) is 9.79 Å². The second-order valence-corrected chi connectivity index (χ2v) is 9.15. The van der Waals surface area contributed by atoms with Gasteiger partial charge in [0.25, 0.3) is 0 Å². The van der Waals surface area contributed by atoms with Crippen LogP contribution in [0.1, 0.15) is 22.6 Å². The Labute approximate surface area is 205 Å². The molecule has 4 N–H and O–H groups in total. The minimum absolute atomic E-state index is 0.0191. The molecule has 5 rings (SSSR count). The number of urea groups is 1. The van der Waals surface area contributed by atoms with Crippen molar-refractivity contribution >= 4 is 29.6 Å². The molecule has 3 heterocycles. The summed E-state index contributed by atoms with van der Waals surface area (Å²) in [5.74, 6) is 0.568. The van der Waals surface area contributed by atoms with Gasteiger partial charge in [-0.3, -0.25) is 9.91 Å². The Hall–Kier alpha value is -3.69. The van der Waals surface area contributed by atoms with Crippen molar-refractivity contribution in [2.75, 3.05) is 43.5 Å². The molecule has 9 heteroatoms. The first-order chi connectivity index (χ1) is 17.0. The van der Waals surface area contributed by atoms with Gasteiger partial charge in [0.2, 0.25) is 0 Å². The number of nitrogens with zero attached hydrogens (tertiary/aromatic N) is 4. The highest BCUT2D eigenvalue weighted by atomic mass is 16.5. The highest BCUT2D eigenvalue weighted by Crippen LogP contribution is 2.37. The Kier molecular flexibility index (Phi) is 6.52. The van der Waals surface area contributed by atoms with Crippen LogP contribution in [0.15, 0.2) is 64.3 Å². The molecule has 0 bridgehead atoms. The maximum atomic E-state index is 12.5. The van der Waals surface area contributed by atoms with Crippen molar-refractivity contribution in [1.29, 1.82) is 0 Å². The molecule has 2 aromatic carbocycles. The zero-order valence-corrected chi connectivity index (χ0v) is 20.1. The topological polar surface area (TPSA) is 108 Å². The van der Waals surface area contributed by atoms with E-state index in [4.69, 9.17) is 10.5 Å². The second-order valence-electron chi connectivity index (χ2n) is 9.15. The van der Waals surface area contributed by atoms with E-state index in [1.165, 1.54) is 11.9 Å². The fraction of sp³-hybridized carbons (Fsp3) is 0.346. The minimum atomic E-state index is -0.279. The van der Waals surface area contributed by atoms with Crippen molar-refractivity contribution in [2.24, 2.45) is 15.8 Å². The largest absolute Gasteiger partial charge is 0.385 e. The molecule has 35 heavy (non-hydrogen) atoms. The Morgan fingerprint density at radius 3 is 2.51 bits per heavy atom. The third-order valence-electron chi connectivity index (χ3n) is 6.76. The summed E-state index contributed by atoms with van der Waals surface area (Å²) in [5.41, 5.74) is 12.3. The molecule has 0 spiro atoms. The number of benzene rings is 2. The van der Waals surface area contributed by atoms with E-state index in [0.29, 0.717) is 11.5 Å². The Morgan fingerprint density at radius 1 is 1.06 bits per heavy atom. The smallest absolute Gasteiger partial charge is 0.323 e. The molecule has 182 valence electrons. The molecule has 0 aromatic heterocycles. The predicted octanol–water partition coefficient (Wildman–Crippen LogP) is 3.25. The number of aryl methyl sites for hydroxylation is 2. The van der Waals surface area contributed by atoms with E-state index >= 15 is 0 Å². The van der Waals surface area contributed by atoms with Gasteiger partial charge in [-0.1, -0.05) is 24.3 Å². The third kappa shape index (κ3) is 5.06. The van der Waals surface area contributed by atoms with Crippen LogP contribution in [0.25, 0.3) is 0 Å². The Bertz CT molecular complexity index is 1180. The molecule has 2 amide bonds. The molecule has 2 atom stereocenters. The molecule has 1 fully saturated rings. The SMILES string of the molecule is Cc1ccc(NC(=O)Nc2ccc(C3C=C(CN4CCOCC4)N4N=CN=C(N)C34)cc2)cc1C. The van der Waals surface area contributed by atoms with E-state index in [1.54, 1.807) is 0 Å². The van der Waals surface area contributed by atoms with Gasteiger partial charge in [0, 0.05) is 42.6 Å². The van der Waals surface area contributed by atoms with Crippen LogP contribution in [0.4, 0.5) is 16.2 Å². The number of carbonyl (C=O) groups excluding carboxylic acids is 1. The minimum Gasteiger partial charge on any atom is -0.385 e. The monoisotopic (exact) mass is 473 g/mol. The highest BCUT2D eigenvalue weighted by molar-refractivity contribution is 6.00. The zero-order chi connectivity index (χ0) is 24.4. The number of carbonyl (C=O) groups is 1. The summed E-state index contributed by atoms with van der Waals surface area (Å²) < 4.78 is 5.48. The van der Waals surface area contributed by atoms with Crippen molar-refractivity contribution < 1.29 is 9.53 Å².